The first-order chi connectivity index (χ1) is 18.1. The lowest BCUT2D eigenvalue weighted by Gasteiger charge is -2.34. The minimum absolute atomic E-state index is 0.120. The number of anilines is 1. The van der Waals surface area contributed by atoms with Gasteiger partial charge in [0.05, 0.1) is 0 Å². The highest BCUT2D eigenvalue weighted by Crippen LogP contribution is 2.36. The fourth-order valence-electron chi connectivity index (χ4n) is 4.32. The van der Waals surface area contributed by atoms with Gasteiger partial charge >= 0.3 is 6.09 Å². The second-order valence-corrected chi connectivity index (χ2v) is 10.6. The van der Waals surface area contributed by atoms with E-state index in [1.807, 2.05) is 42.5 Å². The summed E-state index contributed by atoms with van der Waals surface area (Å²) in [7, 11) is 0. The van der Waals surface area contributed by atoms with Crippen molar-refractivity contribution in [2.24, 2.45) is 0 Å². The molecule has 3 amide bonds. The van der Waals surface area contributed by atoms with Crippen molar-refractivity contribution in [3.8, 4) is 12.3 Å². The Labute approximate surface area is 223 Å². The van der Waals surface area contributed by atoms with Gasteiger partial charge in [0.1, 0.15) is 17.7 Å². The summed E-state index contributed by atoms with van der Waals surface area (Å²) in [5.74, 6) is 1.87. The van der Waals surface area contributed by atoms with E-state index in [0.717, 1.165) is 23.6 Å². The number of hydrogen-bond donors (Lipinski definition) is 2. The number of alkyl carbamates (subject to hydrolysis) is 1. The summed E-state index contributed by atoms with van der Waals surface area (Å²) in [6, 6.07) is 18.7. The summed E-state index contributed by atoms with van der Waals surface area (Å²) < 4.78 is 5.33. The first kappa shape index (κ1) is 26.7. The number of fused-ring (bicyclic) bond motifs is 1. The van der Waals surface area contributed by atoms with Crippen molar-refractivity contribution in [3.05, 3.63) is 77.9 Å². The van der Waals surface area contributed by atoms with Crippen molar-refractivity contribution in [1.29, 1.82) is 0 Å². The average Bonchev–Trinajstić information content (AvgIpc) is 3.71. The van der Waals surface area contributed by atoms with E-state index in [9.17, 15) is 14.4 Å². The lowest BCUT2D eigenvalue weighted by molar-refractivity contribution is -0.141. The van der Waals surface area contributed by atoms with Crippen LogP contribution in [0.4, 0.5) is 10.5 Å². The van der Waals surface area contributed by atoms with Crippen LogP contribution in [0, 0.1) is 12.3 Å². The largest absolute Gasteiger partial charge is 0.444 e. The highest BCUT2D eigenvalue weighted by molar-refractivity contribution is 6.00. The molecule has 0 spiro atoms. The maximum atomic E-state index is 13.9. The quantitative estimate of drug-likeness (QED) is 0.416. The first-order valence-corrected chi connectivity index (χ1v) is 12.7. The first-order valence-electron chi connectivity index (χ1n) is 12.7. The van der Waals surface area contributed by atoms with Crippen LogP contribution in [0.2, 0.25) is 0 Å². The number of amides is 3. The molecule has 0 aromatic heterocycles. The number of nitrogens with zero attached hydrogens (tertiary/aromatic N) is 1. The van der Waals surface area contributed by atoms with Gasteiger partial charge < -0.3 is 20.3 Å². The predicted molar refractivity (Wildman–Crippen MR) is 148 cm³/mol. The number of hydrogen-bond acceptors (Lipinski definition) is 4. The fourth-order valence-corrected chi connectivity index (χ4v) is 4.32. The third-order valence-corrected chi connectivity index (χ3v) is 6.24. The van der Waals surface area contributed by atoms with Gasteiger partial charge in [0.25, 0.3) is 5.91 Å². The molecule has 2 atom stereocenters. The van der Waals surface area contributed by atoms with Crippen molar-refractivity contribution < 1.29 is 19.1 Å². The van der Waals surface area contributed by atoms with Gasteiger partial charge in [-0.15, -0.1) is 6.42 Å². The Balaban J connectivity index is 1.64. The van der Waals surface area contributed by atoms with Gasteiger partial charge in [0.15, 0.2) is 0 Å². The molecule has 0 bridgehead atoms. The van der Waals surface area contributed by atoms with Gasteiger partial charge in [0, 0.05) is 17.3 Å². The average molecular weight is 512 g/mol. The zero-order chi connectivity index (χ0) is 27.4. The Hall–Kier alpha value is -4.31. The molecule has 1 aliphatic rings. The van der Waals surface area contributed by atoms with Gasteiger partial charge in [-0.2, -0.15) is 0 Å². The second-order valence-electron chi connectivity index (χ2n) is 10.6. The van der Waals surface area contributed by atoms with E-state index in [2.05, 4.69) is 16.6 Å². The van der Waals surface area contributed by atoms with E-state index >= 15 is 0 Å². The van der Waals surface area contributed by atoms with Crippen LogP contribution in [0.5, 0.6) is 0 Å². The molecule has 196 valence electrons. The smallest absolute Gasteiger partial charge is 0.408 e. The van der Waals surface area contributed by atoms with Crippen molar-refractivity contribution >= 4 is 34.4 Å². The van der Waals surface area contributed by atoms with Crippen LogP contribution in [-0.2, 0) is 14.3 Å². The summed E-state index contributed by atoms with van der Waals surface area (Å²) in [5.41, 5.74) is 1.23. The number of carbonyl (C=O) groups is 3. The van der Waals surface area contributed by atoms with Crippen LogP contribution in [0.15, 0.2) is 66.7 Å². The monoisotopic (exact) mass is 511 g/mol. The number of carbonyl (C=O) groups excluding carboxylic acids is 3. The van der Waals surface area contributed by atoms with Gasteiger partial charge in [-0.1, -0.05) is 48.4 Å². The number of ether oxygens (including phenoxy) is 1. The molecular formula is C31H33N3O4. The van der Waals surface area contributed by atoms with Crippen molar-refractivity contribution in [2.75, 3.05) is 5.32 Å². The second kappa shape index (κ2) is 11.0. The Kier molecular flexibility index (Phi) is 7.72. The summed E-state index contributed by atoms with van der Waals surface area (Å²) in [6.45, 7) is 6.86. The molecule has 4 rings (SSSR count). The molecule has 1 fully saturated rings. The van der Waals surface area contributed by atoms with Crippen LogP contribution in [-0.4, -0.2) is 40.5 Å². The number of nitrogens with one attached hydrogen (secondary N) is 2. The lowest BCUT2D eigenvalue weighted by Crippen LogP contribution is -2.52. The van der Waals surface area contributed by atoms with E-state index < -0.39 is 23.8 Å². The molecule has 3 aromatic carbocycles. The lowest BCUT2D eigenvalue weighted by atomic mass is 10.0. The maximum absolute atomic E-state index is 13.9. The number of terminal acetylenes is 1. The van der Waals surface area contributed by atoms with Crippen molar-refractivity contribution in [1.82, 2.24) is 10.2 Å². The summed E-state index contributed by atoms with van der Waals surface area (Å²) >= 11 is 0. The van der Waals surface area contributed by atoms with E-state index in [1.54, 1.807) is 56.9 Å². The maximum Gasteiger partial charge on any atom is 0.408 e. The van der Waals surface area contributed by atoms with Gasteiger partial charge in [-0.25, -0.2) is 4.79 Å². The minimum Gasteiger partial charge on any atom is -0.444 e. The minimum atomic E-state index is -0.920. The van der Waals surface area contributed by atoms with Crippen LogP contribution in [0.3, 0.4) is 0 Å². The number of benzene rings is 3. The van der Waals surface area contributed by atoms with Crippen LogP contribution < -0.4 is 10.6 Å². The van der Waals surface area contributed by atoms with Gasteiger partial charge in [-0.05, 0) is 81.1 Å². The van der Waals surface area contributed by atoms with Gasteiger partial charge in [-0.3, -0.25) is 9.59 Å². The predicted octanol–water partition coefficient (Wildman–Crippen LogP) is 5.41. The summed E-state index contributed by atoms with van der Waals surface area (Å²) in [4.78, 5) is 41.6. The van der Waals surface area contributed by atoms with E-state index in [-0.39, 0.29) is 17.9 Å². The Morgan fingerprint density at radius 2 is 1.66 bits per heavy atom. The Bertz CT molecular complexity index is 1380. The zero-order valence-electron chi connectivity index (χ0n) is 22.2. The highest BCUT2D eigenvalue weighted by Gasteiger charge is 2.43. The summed E-state index contributed by atoms with van der Waals surface area (Å²) in [5, 5.41) is 7.68. The molecule has 0 aliphatic heterocycles. The van der Waals surface area contributed by atoms with Crippen molar-refractivity contribution in [2.45, 2.75) is 64.3 Å². The normalized spacial score (nSPS) is 14.6. The third kappa shape index (κ3) is 6.51. The van der Waals surface area contributed by atoms with E-state index in [0.29, 0.717) is 16.8 Å². The molecular weight excluding hydrogens is 478 g/mol. The fraction of sp³-hybridized carbons (Fsp3) is 0.323. The van der Waals surface area contributed by atoms with Crippen LogP contribution in [0.25, 0.3) is 10.8 Å². The molecule has 7 nitrogen and oxygen atoms in total. The highest BCUT2D eigenvalue weighted by atomic mass is 16.6. The molecule has 0 heterocycles. The van der Waals surface area contributed by atoms with E-state index in [4.69, 9.17) is 11.2 Å². The molecule has 0 saturated heterocycles. The van der Waals surface area contributed by atoms with Gasteiger partial charge in [0.2, 0.25) is 5.91 Å². The SMILES string of the molecule is C#Cc1ccc(C(C(=O)Nc2ccc3ccccc3c2)N(C(=O)C(C)NC(=O)OC(C)(C)C)C2CC2)cc1. The van der Waals surface area contributed by atoms with E-state index in [1.165, 1.54) is 0 Å². The molecule has 0 radical (unpaired) electrons. The third-order valence-electron chi connectivity index (χ3n) is 6.24. The topological polar surface area (TPSA) is 87.7 Å². The Morgan fingerprint density at radius 3 is 2.26 bits per heavy atom. The zero-order valence-corrected chi connectivity index (χ0v) is 22.2. The van der Waals surface area contributed by atoms with Crippen LogP contribution >= 0.6 is 0 Å². The summed E-state index contributed by atoms with van der Waals surface area (Å²) in [6.07, 6.45) is 6.39. The van der Waals surface area contributed by atoms with Crippen LogP contribution in [0.1, 0.15) is 57.7 Å². The number of rotatable bonds is 7. The molecule has 7 heteroatoms. The molecule has 38 heavy (non-hydrogen) atoms. The van der Waals surface area contributed by atoms with Crippen molar-refractivity contribution in [3.63, 3.8) is 0 Å². The standard InChI is InChI=1S/C31H33N3O4/c1-6-21-11-13-23(14-12-21)27(28(35)33-25-16-15-22-9-7-8-10-24(22)19-25)34(26-17-18-26)29(36)20(2)32-30(37)38-31(3,4)5/h1,7-16,19-20,26-27H,17-18H2,2-5H3,(H,32,37)(H,33,35). The molecule has 1 aliphatic carbocycles. The molecule has 1 saturated carbocycles. The molecule has 3 aromatic rings. The Morgan fingerprint density at radius 1 is 1.00 bits per heavy atom. The molecule has 2 N–H and O–H groups in total. The molecule has 2 unspecified atom stereocenters.